The molecule has 0 aromatic carbocycles. The van der Waals surface area contributed by atoms with E-state index in [0.29, 0.717) is 17.2 Å². The van der Waals surface area contributed by atoms with Gasteiger partial charge in [0.05, 0.1) is 6.20 Å². The molecule has 124 valence electrons. The van der Waals surface area contributed by atoms with Crippen molar-refractivity contribution in [3.8, 4) is 5.82 Å². The zero-order valence-electron chi connectivity index (χ0n) is 13.9. The van der Waals surface area contributed by atoms with Crippen molar-refractivity contribution >= 4 is 11.7 Å². The Bertz CT molecular complexity index is 615. The first-order valence-corrected chi connectivity index (χ1v) is 8.23. The van der Waals surface area contributed by atoms with E-state index >= 15 is 0 Å². The van der Waals surface area contributed by atoms with Gasteiger partial charge in [0.25, 0.3) is 5.91 Å². The lowest BCUT2D eigenvalue weighted by molar-refractivity contribution is 0.0752. The SMILES string of the molecule is CCCCN(CCCC)C(=O)c1cnn(-c2ccccn2)c1N. The summed E-state index contributed by atoms with van der Waals surface area (Å²) in [6.07, 6.45) is 7.30. The molecule has 0 spiro atoms. The molecule has 2 aromatic rings. The largest absolute Gasteiger partial charge is 0.383 e. The smallest absolute Gasteiger partial charge is 0.259 e. The van der Waals surface area contributed by atoms with Crippen molar-refractivity contribution in [2.75, 3.05) is 18.8 Å². The van der Waals surface area contributed by atoms with Gasteiger partial charge in [0.1, 0.15) is 11.4 Å². The van der Waals surface area contributed by atoms with Crippen LogP contribution in [0, 0.1) is 0 Å². The molecular weight excluding hydrogens is 290 g/mol. The number of nitrogens with zero attached hydrogens (tertiary/aromatic N) is 4. The van der Waals surface area contributed by atoms with Crippen LogP contribution in [-0.2, 0) is 0 Å². The number of rotatable bonds is 8. The molecule has 0 saturated heterocycles. The number of amides is 1. The fourth-order valence-corrected chi connectivity index (χ4v) is 2.37. The van der Waals surface area contributed by atoms with Crippen molar-refractivity contribution in [1.82, 2.24) is 19.7 Å². The third-order valence-electron chi connectivity index (χ3n) is 3.75. The number of nitrogen functional groups attached to an aromatic ring is 1. The zero-order chi connectivity index (χ0) is 16.7. The number of nitrogens with two attached hydrogens (primary N) is 1. The molecule has 0 aliphatic rings. The van der Waals surface area contributed by atoms with Crippen LogP contribution in [0.5, 0.6) is 0 Å². The topological polar surface area (TPSA) is 77.0 Å². The van der Waals surface area contributed by atoms with E-state index in [1.165, 1.54) is 10.9 Å². The van der Waals surface area contributed by atoms with Crippen molar-refractivity contribution in [1.29, 1.82) is 0 Å². The maximum atomic E-state index is 12.8. The van der Waals surface area contributed by atoms with Crippen LogP contribution in [0.2, 0.25) is 0 Å². The molecular formula is C17H25N5O. The molecule has 1 amide bonds. The Kier molecular flexibility index (Phi) is 6.14. The molecule has 0 aliphatic carbocycles. The van der Waals surface area contributed by atoms with Gasteiger partial charge in [0.2, 0.25) is 0 Å². The van der Waals surface area contributed by atoms with E-state index < -0.39 is 0 Å². The number of hydrogen-bond donors (Lipinski definition) is 1. The minimum absolute atomic E-state index is 0.0495. The fraction of sp³-hybridized carbons (Fsp3) is 0.471. The van der Waals surface area contributed by atoms with Gasteiger partial charge in [0.15, 0.2) is 5.82 Å². The van der Waals surface area contributed by atoms with E-state index in [9.17, 15) is 4.79 Å². The second-order valence-electron chi connectivity index (χ2n) is 5.54. The van der Waals surface area contributed by atoms with Gasteiger partial charge in [-0.1, -0.05) is 32.8 Å². The van der Waals surface area contributed by atoms with Gasteiger partial charge in [-0.15, -0.1) is 0 Å². The second-order valence-corrected chi connectivity index (χ2v) is 5.54. The molecule has 0 radical (unpaired) electrons. The number of pyridine rings is 1. The Morgan fingerprint density at radius 3 is 2.48 bits per heavy atom. The summed E-state index contributed by atoms with van der Waals surface area (Å²) in [5, 5.41) is 4.23. The Morgan fingerprint density at radius 1 is 1.22 bits per heavy atom. The van der Waals surface area contributed by atoms with E-state index in [-0.39, 0.29) is 5.91 Å². The van der Waals surface area contributed by atoms with Gasteiger partial charge in [-0.05, 0) is 25.0 Å². The van der Waals surface area contributed by atoms with E-state index in [0.717, 1.165) is 38.8 Å². The summed E-state index contributed by atoms with van der Waals surface area (Å²) in [5.41, 5.74) is 6.59. The molecule has 0 fully saturated rings. The van der Waals surface area contributed by atoms with Crippen molar-refractivity contribution in [2.45, 2.75) is 39.5 Å². The van der Waals surface area contributed by atoms with Crippen LogP contribution in [0.1, 0.15) is 49.9 Å². The summed E-state index contributed by atoms with van der Waals surface area (Å²) in [4.78, 5) is 18.9. The third kappa shape index (κ3) is 4.09. The molecule has 2 N–H and O–H groups in total. The maximum absolute atomic E-state index is 12.8. The lowest BCUT2D eigenvalue weighted by Crippen LogP contribution is -2.33. The molecule has 0 bridgehead atoms. The zero-order valence-corrected chi connectivity index (χ0v) is 13.9. The summed E-state index contributed by atoms with van der Waals surface area (Å²) in [7, 11) is 0. The summed E-state index contributed by atoms with van der Waals surface area (Å²) in [5.74, 6) is 0.899. The quantitative estimate of drug-likeness (QED) is 0.812. The molecule has 0 atom stereocenters. The summed E-state index contributed by atoms with van der Waals surface area (Å²) in [6, 6.07) is 5.50. The van der Waals surface area contributed by atoms with Crippen LogP contribution < -0.4 is 5.73 Å². The lowest BCUT2D eigenvalue weighted by atomic mass is 10.2. The first-order chi connectivity index (χ1) is 11.2. The number of carbonyl (C=O) groups excluding carboxylic acids is 1. The number of hydrogen-bond acceptors (Lipinski definition) is 4. The predicted octanol–water partition coefficient (Wildman–Crippen LogP) is 2.89. The van der Waals surface area contributed by atoms with Gasteiger partial charge in [-0.3, -0.25) is 4.79 Å². The van der Waals surface area contributed by atoms with Crippen LogP contribution in [0.25, 0.3) is 5.82 Å². The van der Waals surface area contributed by atoms with Crippen molar-refractivity contribution in [2.24, 2.45) is 0 Å². The van der Waals surface area contributed by atoms with Gasteiger partial charge in [-0.25, -0.2) is 4.98 Å². The highest BCUT2D eigenvalue weighted by molar-refractivity contribution is 5.98. The Balaban J connectivity index is 2.22. The number of unbranched alkanes of at least 4 members (excludes halogenated alkanes) is 2. The van der Waals surface area contributed by atoms with Crippen molar-refractivity contribution < 1.29 is 4.79 Å². The predicted molar refractivity (Wildman–Crippen MR) is 91.5 cm³/mol. The summed E-state index contributed by atoms with van der Waals surface area (Å²) in [6.45, 7) is 5.75. The minimum atomic E-state index is -0.0495. The van der Waals surface area contributed by atoms with Gasteiger partial charge in [0, 0.05) is 19.3 Å². The van der Waals surface area contributed by atoms with E-state index in [1.54, 1.807) is 6.20 Å². The second kappa shape index (κ2) is 8.31. The Morgan fingerprint density at radius 2 is 1.91 bits per heavy atom. The average molecular weight is 315 g/mol. The number of aromatic nitrogens is 3. The van der Waals surface area contributed by atoms with Crippen LogP contribution in [0.3, 0.4) is 0 Å². The highest BCUT2D eigenvalue weighted by Gasteiger charge is 2.21. The Hall–Kier alpha value is -2.37. The molecule has 23 heavy (non-hydrogen) atoms. The highest BCUT2D eigenvalue weighted by atomic mass is 16.2. The molecule has 6 heteroatoms. The lowest BCUT2D eigenvalue weighted by Gasteiger charge is -2.22. The summed E-state index contributed by atoms with van der Waals surface area (Å²) < 4.78 is 1.51. The number of carbonyl (C=O) groups is 1. The van der Waals surface area contributed by atoms with Crippen LogP contribution in [-0.4, -0.2) is 38.7 Å². The molecule has 0 aliphatic heterocycles. The van der Waals surface area contributed by atoms with Crippen molar-refractivity contribution in [3.63, 3.8) is 0 Å². The van der Waals surface area contributed by atoms with Crippen LogP contribution in [0.4, 0.5) is 5.82 Å². The standard InChI is InChI=1S/C17H25N5O/c1-3-5-11-21(12-6-4-2)17(23)14-13-20-22(16(14)18)15-9-7-8-10-19-15/h7-10,13H,3-6,11-12,18H2,1-2H3. The van der Waals surface area contributed by atoms with Crippen LogP contribution in [0.15, 0.2) is 30.6 Å². The Labute approximate surface area is 137 Å². The minimum Gasteiger partial charge on any atom is -0.383 e. The van der Waals surface area contributed by atoms with Crippen LogP contribution >= 0.6 is 0 Å². The molecule has 0 saturated carbocycles. The maximum Gasteiger partial charge on any atom is 0.259 e. The van der Waals surface area contributed by atoms with Gasteiger partial charge >= 0.3 is 0 Å². The van der Waals surface area contributed by atoms with Gasteiger partial charge in [-0.2, -0.15) is 9.78 Å². The van der Waals surface area contributed by atoms with Crippen molar-refractivity contribution in [3.05, 3.63) is 36.2 Å². The molecule has 2 aromatic heterocycles. The summed E-state index contributed by atoms with van der Waals surface area (Å²) >= 11 is 0. The molecule has 2 rings (SSSR count). The molecule has 6 nitrogen and oxygen atoms in total. The molecule has 2 heterocycles. The van der Waals surface area contributed by atoms with Gasteiger partial charge < -0.3 is 10.6 Å². The van der Waals surface area contributed by atoms with E-state index in [2.05, 4.69) is 23.9 Å². The third-order valence-corrected chi connectivity index (χ3v) is 3.75. The first-order valence-electron chi connectivity index (χ1n) is 8.23. The van der Waals surface area contributed by atoms with E-state index in [4.69, 9.17) is 5.73 Å². The monoisotopic (exact) mass is 315 g/mol. The highest BCUT2D eigenvalue weighted by Crippen LogP contribution is 2.18. The normalized spacial score (nSPS) is 10.7. The average Bonchev–Trinajstić information content (AvgIpc) is 2.97. The van der Waals surface area contributed by atoms with E-state index in [1.807, 2.05) is 23.1 Å². The first kappa shape index (κ1) is 17.0. The molecule has 0 unspecified atom stereocenters. The number of anilines is 1. The fourth-order valence-electron chi connectivity index (χ4n) is 2.37.